The molecule has 0 saturated heterocycles. The van der Waals surface area contributed by atoms with Crippen LogP contribution < -0.4 is 9.64 Å². The van der Waals surface area contributed by atoms with Crippen LogP contribution in [0.15, 0.2) is 18.2 Å². The number of aromatic nitrogens is 3. The molecular formula is C21H29N5O2S. The van der Waals surface area contributed by atoms with E-state index in [1.54, 1.807) is 16.7 Å². The second-order valence-electron chi connectivity index (χ2n) is 7.73. The van der Waals surface area contributed by atoms with Crippen LogP contribution in [0.4, 0.5) is 5.13 Å². The Kier molecular flexibility index (Phi) is 6.24. The van der Waals surface area contributed by atoms with Gasteiger partial charge in [0.1, 0.15) is 17.0 Å². The second kappa shape index (κ2) is 8.51. The molecule has 7 nitrogen and oxygen atoms in total. The van der Waals surface area contributed by atoms with Crippen LogP contribution in [0.1, 0.15) is 41.6 Å². The average molecular weight is 416 g/mol. The number of fused-ring (bicyclic) bond motifs is 1. The summed E-state index contributed by atoms with van der Waals surface area (Å²) in [5.41, 5.74) is 3.33. The lowest BCUT2D eigenvalue weighted by atomic mass is 10.2. The zero-order valence-electron chi connectivity index (χ0n) is 18.2. The Morgan fingerprint density at radius 2 is 1.97 bits per heavy atom. The number of hydrogen-bond donors (Lipinski definition) is 0. The van der Waals surface area contributed by atoms with Gasteiger partial charge in [-0.05, 0) is 59.5 Å². The number of rotatable bonds is 7. The fraction of sp³-hybridized carbons (Fsp3) is 0.476. The number of likely N-dealkylation sites (N-methyl/N-ethyl adjacent to an activating group) is 1. The lowest BCUT2D eigenvalue weighted by Crippen LogP contribution is -2.38. The van der Waals surface area contributed by atoms with Gasteiger partial charge in [0.25, 0.3) is 5.91 Å². The molecule has 3 aromatic rings. The molecule has 0 fully saturated rings. The van der Waals surface area contributed by atoms with Crippen molar-refractivity contribution in [2.45, 2.75) is 33.7 Å². The monoisotopic (exact) mass is 415 g/mol. The van der Waals surface area contributed by atoms with E-state index in [-0.39, 0.29) is 11.9 Å². The van der Waals surface area contributed by atoms with Crippen LogP contribution in [-0.4, -0.2) is 59.9 Å². The molecule has 0 aliphatic heterocycles. The molecule has 0 bridgehead atoms. The Labute approximate surface area is 175 Å². The van der Waals surface area contributed by atoms with Crippen molar-refractivity contribution in [2.24, 2.45) is 0 Å². The van der Waals surface area contributed by atoms with Gasteiger partial charge in [0.2, 0.25) is 0 Å². The fourth-order valence-corrected chi connectivity index (χ4v) is 4.25. The van der Waals surface area contributed by atoms with E-state index in [4.69, 9.17) is 9.72 Å². The first-order valence-electron chi connectivity index (χ1n) is 9.69. The van der Waals surface area contributed by atoms with E-state index in [2.05, 4.69) is 10.00 Å². The number of benzene rings is 1. The van der Waals surface area contributed by atoms with Crippen molar-refractivity contribution in [3.63, 3.8) is 0 Å². The number of anilines is 1. The Bertz CT molecular complexity index is 1020. The summed E-state index contributed by atoms with van der Waals surface area (Å²) >= 11 is 1.52. The summed E-state index contributed by atoms with van der Waals surface area (Å²) in [5.74, 6) is 0.632. The molecule has 0 spiro atoms. The number of amides is 1. The van der Waals surface area contributed by atoms with E-state index in [1.807, 2.05) is 60.0 Å². The van der Waals surface area contributed by atoms with E-state index in [9.17, 15) is 4.79 Å². The molecule has 2 aromatic heterocycles. The third-order valence-corrected chi connectivity index (χ3v) is 5.94. The number of ether oxygens (including phenoxy) is 1. The first-order valence-corrected chi connectivity index (χ1v) is 10.5. The summed E-state index contributed by atoms with van der Waals surface area (Å²) in [7, 11) is 5.63. The number of carbonyl (C=O) groups is 1. The van der Waals surface area contributed by atoms with Crippen LogP contribution in [0.5, 0.6) is 5.75 Å². The maximum Gasteiger partial charge on any atom is 0.278 e. The van der Waals surface area contributed by atoms with Crippen molar-refractivity contribution < 1.29 is 9.53 Å². The lowest BCUT2D eigenvalue weighted by Gasteiger charge is -2.22. The highest BCUT2D eigenvalue weighted by atomic mass is 32.1. The van der Waals surface area contributed by atoms with Gasteiger partial charge < -0.3 is 9.64 Å². The molecule has 1 aromatic carbocycles. The Morgan fingerprint density at radius 1 is 1.24 bits per heavy atom. The van der Waals surface area contributed by atoms with Gasteiger partial charge in [-0.15, -0.1) is 0 Å². The molecule has 3 rings (SSSR count). The third kappa shape index (κ3) is 4.28. The molecule has 8 heteroatoms. The average Bonchev–Trinajstić information content (AvgIpc) is 3.26. The highest BCUT2D eigenvalue weighted by Crippen LogP contribution is 2.36. The molecule has 1 amide bonds. The molecule has 0 saturated carbocycles. The third-order valence-electron chi connectivity index (χ3n) is 4.73. The number of nitrogens with zero attached hydrogens (tertiary/aromatic N) is 5. The van der Waals surface area contributed by atoms with Crippen molar-refractivity contribution in [1.29, 1.82) is 0 Å². The van der Waals surface area contributed by atoms with Crippen LogP contribution in [0, 0.1) is 13.8 Å². The number of hydrogen-bond acceptors (Lipinski definition) is 6. The van der Waals surface area contributed by atoms with Crippen molar-refractivity contribution in [3.05, 3.63) is 35.2 Å². The maximum atomic E-state index is 13.6. The topological polar surface area (TPSA) is 63.5 Å². The van der Waals surface area contributed by atoms with Crippen LogP contribution in [-0.2, 0) is 0 Å². The Morgan fingerprint density at radius 3 is 2.59 bits per heavy atom. The minimum atomic E-state index is -0.0863. The molecule has 0 aliphatic rings. The summed E-state index contributed by atoms with van der Waals surface area (Å²) in [4.78, 5) is 22.2. The summed E-state index contributed by atoms with van der Waals surface area (Å²) in [6, 6.07) is 5.89. The zero-order valence-corrected chi connectivity index (χ0v) is 19.0. The molecule has 0 radical (unpaired) electrons. The van der Waals surface area contributed by atoms with Crippen molar-refractivity contribution in [2.75, 3.05) is 39.2 Å². The predicted octanol–water partition coefficient (Wildman–Crippen LogP) is 3.91. The van der Waals surface area contributed by atoms with Gasteiger partial charge in [-0.3, -0.25) is 14.4 Å². The Hall–Kier alpha value is -2.45. The molecule has 2 heterocycles. The van der Waals surface area contributed by atoms with E-state index in [1.165, 1.54) is 11.3 Å². The van der Waals surface area contributed by atoms with E-state index in [0.717, 1.165) is 33.8 Å². The van der Waals surface area contributed by atoms with Crippen LogP contribution in [0.25, 0.3) is 10.2 Å². The SMILES string of the molecule is COc1ccc(C)c2sc(N(CCN(C)C)C(=O)c3cc(C)nn3C(C)C)nc12. The predicted molar refractivity (Wildman–Crippen MR) is 118 cm³/mol. The summed E-state index contributed by atoms with van der Waals surface area (Å²) < 4.78 is 8.32. The Balaban J connectivity index is 2.10. The second-order valence-corrected chi connectivity index (χ2v) is 8.71. The first-order chi connectivity index (χ1) is 13.7. The van der Waals surface area contributed by atoms with Crippen LogP contribution in [0.3, 0.4) is 0 Å². The van der Waals surface area contributed by atoms with Gasteiger partial charge in [-0.25, -0.2) is 4.98 Å². The molecule has 0 aliphatic carbocycles. The van der Waals surface area contributed by atoms with Crippen LogP contribution >= 0.6 is 11.3 Å². The number of carbonyl (C=O) groups excluding carboxylic acids is 1. The summed E-state index contributed by atoms with van der Waals surface area (Å²) in [5, 5.41) is 5.18. The van der Waals surface area contributed by atoms with Gasteiger partial charge in [-0.2, -0.15) is 5.10 Å². The first kappa shape index (κ1) is 21.3. The molecule has 156 valence electrons. The lowest BCUT2D eigenvalue weighted by molar-refractivity contribution is 0.0973. The van der Waals surface area contributed by atoms with Crippen molar-refractivity contribution in [3.8, 4) is 5.75 Å². The van der Waals surface area contributed by atoms with Gasteiger partial charge >= 0.3 is 0 Å². The summed E-state index contributed by atoms with van der Waals surface area (Å²) in [6.07, 6.45) is 0. The highest BCUT2D eigenvalue weighted by molar-refractivity contribution is 7.22. The molecule has 0 N–H and O–H groups in total. The fourth-order valence-electron chi connectivity index (χ4n) is 3.17. The van der Waals surface area contributed by atoms with Crippen molar-refractivity contribution in [1.82, 2.24) is 19.7 Å². The standard InChI is InChI=1S/C21H29N5O2S/c1-13(2)26-16(12-15(4)23-26)20(27)25(11-10-24(5)6)21-22-18-17(28-7)9-8-14(3)19(18)29-21/h8-9,12-13H,10-11H2,1-7H3. The van der Waals surface area contributed by atoms with Gasteiger partial charge in [0.05, 0.1) is 17.5 Å². The minimum Gasteiger partial charge on any atom is -0.494 e. The smallest absolute Gasteiger partial charge is 0.278 e. The molecule has 29 heavy (non-hydrogen) atoms. The van der Waals surface area contributed by atoms with Crippen LogP contribution in [0.2, 0.25) is 0 Å². The highest BCUT2D eigenvalue weighted by Gasteiger charge is 2.26. The number of thiazole rings is 1. The summed E-state index contributed by atoms with van der Waals surface area (Å²) in [6.45, 7) is 9.28. The van der Waals surface area contributed by atoms with E-state index >= 15 is 0 Å². The number of aryl methyl sites for hydroxylation is 2. The van der Waals surface area contributed by atoms with E-state index in [0.29, 0.717) is 17.4 Å². The van der Waals surface area contributed by atoms with Gasteiger partial charge in [-0.1, -0.05) is 17.4 Å². The normalized spacial score (nSPS) is 11.6. The van der Waals surface area contributed by atoms with Gasteiger partial charge in [0, 0.05) is 19.1 Å². The molecular weight excluding hydrogens is 386 g/mol. The molecule has 0 atom stereocenters. The van der Waals surface area contributed by atoms with E-state index < -0.39 is 0 Å². The molecule has 0 unspecified atom stereocenters. The van der Waals surface area contributed by atoms with Gasteiger partial charge in [0.15, 0.2) is 5.13 Å². The quantitative estimate of drug-likeness (QED) is 0.585. The minimum absolute atomic E-state index is 0.0863. The maximum absolute atomic E-state index is 13.6. The zero-order chi connectivity index (χ0) is 21.3. The number of methoxy groups -OCH3 is 1. The largest absolute Gasteiger partial charge is 0.494 e. The van der Waals surface area contributed by atoms with Crippen molar-refractivity contribution >= 4 is 32.6 Å².